The molecule has 1 aromatic heterocycles. The number of thiophene rings is 1. The molecule has 0 N–H and O–H groups in total. The molecule has 2 aliphatic heterocycles. The maximum absolute atomic E-state index is 13.3. The van der Waals surface area contributed by atoms with Crippen LogP contribution in [0.3, 0.4) is 0 Å². The predicted octanol–water partition coefficient (Wildman–Crippen LogP) is 3.93. The Kier molecular flexibility index (Phi) is 6.16. The van der Waals surface area contributed by atoms with Crippen LogP contribution in [0.15, 0.2) is 40.8 Å². The molecule has 154 valence electrons. The van der Waals surface area contributed by atoms with Gasteiger partial charge in [0, 0.05) is 12.0 Å². The Morgan fingerprint density at radius 2 is 1.97 bits per heavy atom. The number of hydrogen-bond acceptors (Lipinski definition) is 6. The Labute approximate surface area is 175 Å². The summed E-state index contributed by atoms with van der Waals surface area (Å²) >= 11 is 1.65. The Hall–Kier alpha value is -2.38. The number of methoxy groups -OCH3 is 2. The Balaban J connectivity index is 1.65. The van der Waals surface area contributed by atoms with E-state index in [9.17, 15) is 4.79 Å². The van der Waals surface area contributed by atoms with Crippen LogP contribution in [-0.4, -0.2) is 55.4 Å². The standard InChI is InChI=1S/C22H27N3O3S/c1-27-19-9-6-8-16(22(19)28-2)18-14-17(20-10-7-13-29-20)23-25(18)21(26)15-24-11-4-3-5-12-24/h6-10,13,18H,3-5,11-12,14-15H2,1-2H3/t18-/m1/s1. The molecule has 0 unspecified atom stereocenters. The van der Waals surface area contributed by atoms with E-state index in [1.165, 1.54) is 6.42 Å². The molecule has 1 aromatic carbocycles. The van der Waals surface area contributed by atoms with Crippen molar-refractivity contribution in [1.82, 2.24) is 9.91 Å². The second-order valence-electron chi connectivity index (χ2n) is 7.40. The van der Waals surface area contributed by atoms with Gasteiger partial charge in [-0.15, -0.1) is 11.3 Å². The summed E-state index contributed by atoms with van der Waals surface area (Å²) < 4.78 is 11.1. The van der Waals surface area contributed by atoms with Crippen molar-refractivity contribution in [2.45, 2.75) is 31.7 Å². The lowest BCUT2D eigenvalue weighted by Crippen LogP contribution is -2.40. The minimum atomic E-state index is -0.200. The van der Waals surface area contributed by atoms with Crippen LogP contribution >= 0.6 is 11.3 Å². The topological polar surface area (TPSA) is 54.4 Å². The van der Waals surface area contributed by atoms with Crippen LogP contribution in [0, 0.1) is 0 Å². The van der Waals surface area contributed by atoms with E-state index < -0.39 is 0 Å². The van der Waals surface area contributed by atoms with E-state index >= 15 is 0 Å². The minimum absolute atomic E-state index is 0.0355. The number of rotatable bonds is 6. The molecule has 2 aliphatic rings. The van der Waals surface area contributed by atoms with E-state index in [-0.39, 0.29) is 11.9 Å². The van der Waals surface area contributed by atoms with E-state index in [4.69, 9.17) is 14.6 Å². The lowest BCUT2D eigenvalue weighted by Gasteiger charge is -2.29. The van der Waals surface area contributed by atoms with E-state index in [0.29, 0.717) is 24.5 Å². The molecule has 1 fully saturated rings. The Bertz CT molecular complexity index is 875. The second-order valence-corrected chi connectivity index (χ2v) is 8.35. The monoisotopic (exact) mass is 413 g/mol. The molecular weight excluding hydrogens is 386 g/mol. The molecule has 6 nitrogen and oxygen atoms in total. The molecule has 0 spiro atoms. The van der Waals surface area contributed by atoms with Gasteiger partial charge in [0.25, 0.3) is 5.91 Å². The van der Waals surface area contributed by atoms with Crippen molar-refractivity contribution in [3.05, 3.63) is 46.2 Å². The van der Waals surface area contributed by atoms with E-state index in [1.54, 1.807) is 30.6 Å². The quantitative estimate of drug-likeness (QED) is 0.720. The molecule has 1 amide bonds. The van der Waals surface area contributed by atoms with Gasteiger partial charge in [-0.05, 0) is 43.4 Å². The average molecular weight is 414 g/mol. The molecule has 0 saturated carbocycles. The van der Waals surface area contributed by atoms with Gasteiger partial charge in [-0.1, -0.05) is 24.6 Å². The number of para-hydroxylation sites is 1. The summed E-state index contributed by atoms with van der Waals surface area (Å²) in [4.78, 5) is 16.6. The molecular formula is C22H27N3O3S. The summed E-state index contributed by atoms with van der Waals surface area (Å²) in [6.07, 6.45) is 4.22. The number of ether oxygens (including phenoxy) is 2. The fourth-order valence-corrected chi connectivity index (χ4v) is 4.85. The maximum Gasteiger partial charge on any atom is 0.257 e. The number of hydrogen-bond donors (Lipinski definition) is 0. The number of benzene rings is 1. The minimum Gasteiger partial charge on any atom is -0.493 e. The third-order valence-electron chi connectivity index (χ3n) is 5.57. The molecule has 7 heteroatoms. The van der Waals surface area contributed by atoms with Crippen LogP contribution in [0.2, 0.25) is 0 Å². The molecule has 0 radical (unpaired) electrons. The normalized spacial score (nSPS) is 19.9. The lowest BCUT2D eigenvalue weighted by atomic mass is 9.99. The molecule has 0 aliphatic carbocycles. The van der Waals surface area contributed by atoms with Crippen molar-refractivity contribution >= 4 is 23.0 Å². The van der Waals surface area contributed by atoms with Crippen molar-refractivity contribution in [1.29, 1.82) is 0 Å². The molecule has 1 atom stereocenters. The van der Waals surface area contributed by atoms with Gasteiger partial charge in [-0.25, -0.2) is 5.01 Å². The third-order valence-corrected chi connectivity index (χ3v) is 6.49. The highest BCUT2D eigenvalue weighted by atomic mass is 32.1. The first-order valence-corrected chi connectivity index (χ1v) is 11.0. The van der Waals surface area contributed by atoms with Gasteiger partial charge in [-0.3, -0.25) is 9.69 Å². The number of piperidine rings is 1. The Morgan fingerprint density at radius 1 is 1.14 bits per heavy atom. The summed E-state index contributed by atoms with van der Waals surface area (Å²) in [5.41, 5.74) is 1.87. The molecule has 29 heavy (non-hydrogen) atoms. The molecule has 4 rings (SSSR count). The zero-order valence-electron chi connectivity index (χ0n) is 17.0. The zero-order chi connectivity index (χ0) is 20.2. The highest BCUT2D eigenvalue weighted by Crippen LogP contribution is 2.42. The number of likely N-dealkylation sites (tertiary alicyclic amines) is 1. The van der Waals surface area contributed by atoms with Crippen molar-refractivity contribution in [3.8, 4) is 11.5 Å². The highest BCUT2D eigenvalue weighted by molar-refractivity contribution is 7.12. The van der Waals surface area contributed by atoms with Crippen LogP contribution in [0.4, 0.5) is 0 Å². The van der Waals surface area contributed by atoms with Gasteiger partial charge in [0.05, 0.1) is 37.4 Å². The van der Waals surface area contributed by atoms with Crippen LogP contribution in [0.1, 0.15) is 42.2 Å². The summed E-state index contributed by atoms with van der Waals surface area (Å²) in [7, 11) is 3.26. The number of carbonyl (C=O) groups excluding carboxylic acids is 1. The molecule has 3 heterocycles. The van der Waals surface area contributed by atoms with Crippen molar-refractivity contribution in [3.63, 3.8) is 0 Å². The second kappa shape index (κ2) is 8.97. The van der Waals surface area contributed by atoms with Gasteiger partial charge in [0.15, 0.2) is 11.5 Å². The first-order valence-electron chi connectivity index (χ1n) is 10.1. The van der Waals surface area contributed by atoms with Gasteiger partial charge in [-0.2, -0.15) is 5.10 Å². The number of carbonyl (C=O) groups is 1. The molecule has 0 bridgehead atoms. The lowest BCUT2D eigenvalue weighted by molar-refractivity contribution is -0.134. The summed E-state index contributed by atoms with van der Waals surface area (Å²) in [5.74, 6) is 1.37. The van der Waals surface area contributed by atoms with Crippen molar-refractivity contribution < 1.29 is 14.3 Å². The first-order chi connectivity index (χ1) is 14.2. The number of nitrogens with zero attached hydrogens (tertiary/aromatic N) is 3. The number of hydrazone groups is 1. The zero-order valence-corrected chi connectivity index (χ0v) is 17.8. The van der Waals surface area contributed by atoms with Crippen LogP contribution < -0.4 is 9.47 Å². The largest absolute Gasteiger partial charge is 0.493 e. The van der Waals surface area contributed by atoms with E-state index in [2.05, 4.69) is 11.0 Å². The molecule has 1 saturated heterocycles. The summed E-state index contributed by atoms with van der Waals surface area (Å²) in [5, 5.41) is 8.48. The highest BCUT2D eigenvalue weighted by Gasteiger charge is 2.36. The van der Waals surface area contributed by atoms with Crippen LogP contribution in [-0.2, 0) is 4.79 Å². The summed E-state index contributed by atoms with van der Waals surface area (Å²) in [6.45, 7) is 2.37. The smallest absolute Gasteiger partial charge is 0.257 e. The predicted molar refractivity (Wildman–Crippen MR) is 115 cm³/mol. The van der Waals surface area contributed by atoms with E-state index in [1.807, 2.05) is 29.6 Å². The van der Waals surface area contributed by atoms with E-state index in [0.717, 1.165) is 42.1 Å². The van der Waals surface area contributed by atoms with Gasteiger partial charge in [0.2, 0.25) is 0 Å². The number of amides is 1. The molecule has 2 aromatic rings. The fourth-order valence-electron chi connectivity index (χ4n) is 4.13. The van der Waals surface area contributed by atoms with Gasteiger partial charge < -0.3 is 9.47 Å². The first kappa shape index (κ1) is 19.9. The van der Waals surface area contributed by atoms with Gasteiger partial charge >= 0.3 is 0 Å². The summed E-state index contributed by atoms with van der Waals surface area (Å²) in [6, 6.07) is 9.68. The Morgan fingerprint density at radius 3 is 2.66 bits per heavy atom. The van der Waals surface area contributed by atoms with Gasteiger partial charge in [0.1, 0.15) is 0 Å². The average Bonchev–Trinajstić information content (AvgIpc) is 3.43. The SMILES string of the molecule is COc1cccc([C@H]2CC(c3cccs3)=NN2C(=O)CN2CCCCC2)c1OC. The third kappa shape index (κ3) is 4.16. The fraction of sp³-hybridized carbons (Fsp3) is 0.455. The van der Waals surface area contributed by atoms with Crippen LogP contribution in [0.25, 0.3) is 0 Å². The van der Waals surface area contributed by atoms with Crippen molar-refractivity contribution in [2.24, 2.45) is 5.10 Å². The van der Waals surface area contributed by atoms with Crippen LogP contribution in [0.5, 0.6) is 11.5 Å². The maximum atomic E-state index is 13.3. The van der Waals surface area contributed by atoms with Crippen molar-refractivity contribution in [2.75, 3.05) is 33.9 Å².